The fourth-order valence-corrected chi connectivity index (χ4v) is 2.86. The molecular weight excluding hydrogens is 441 g/mol. The van der Waals surface area contributed by atoms with Crippen molar-refractivity contribution in [3.63, 3.8) is 0 Å². The maximum absolute atomic E-state index is 12.7. The fraction of sp³-hybridized carbons (Fsp3) is 0.238. The number of hydrogen-bond donors (Lipinski definition) is 4. The van der Waals surface area contributed by atoms with Crippen LogP contribution in [0, 0.1) is 0 Å². The van der Waals surface area contributed by atoms with Gasteiger partial charge in [0.15, 0.2) is 5.58 Å². The number of nitrogens with zero attached hydrogens (tertiary/aromatic N) is 1. The summed E-state index contributed by atoms with van der Waals surface area (Å²) in [6.45, 7) is 3.08. The van der Waals surface area contributed by atoms with Crippen molar-refractivity contribution in [2.45, 2.75) is 19.0 Å². The van der Waals surface area contributed by atoms with Gasteiger partial charge < -0.3 is 15.5 Å². The number of H-pyrrole nitrogens is 1. The zero-order valence-electron chi connectivity index (χ0n) is 16.9. The zero-order chi connectivity index (χ0) is 22.9. The molecule has 0 saturated heterocycles. The van der Waals surface area contributed by atoms with Crippen molar-refractivity contribution >= 4 is 44.2 Å². The Labute approximate surface area is 186 Å². The molecule has 0 aliphatic rings. The number of oxazole rings is 1. The zero-order valence-corrected chi connectivity index (χ0v) is 19.0. The van der Waals surface area contributed by atoms with E-state index in [0.717, 1.165) is 17.5 Å². The first-order valence-corrected chi connectivity index (χ1v) is 10.5. The maximum atomic E-state index is 12.7. The van der Waals surface area contributed by atoms with Gasteiger partial charge in [0.1, 0.15) is 0 Å². The van der Waals surface area contributed by atoms with Crippen LogP contribution in [0.25, 0.3) is 16.0 Å². The van der Waals surface area contributed by atoms with Gasteiger partial charge in [0, 0.05) is 23.2 Å². The predicted molar refractivity (Wildman–Crippen MR) is 129 cm³/mol. The van der Waals surface area contributed by atoms with Crippen molar-refractivity contribution in [1.82, 2.24) is 10.3 Å². The number of aryl methyl sites for hydroxylation is 1. The van der Waals surface area contributed by atoms with Gasteiger partial charge in [0.25, 0.3) is 5.66 Å². The van der Waals surface area contributed by atoms with E-state index < -0.39 is 11.4 Å². The van der Waals surface area contributed by atoms with E-state index in [1.165, 1.54) is 21.4 Å². The van der Waals surface area contributed by atoms with E-state index in [9.17, 15) is 13.6 Å². The Hall–Kier alpha value is -2.48. The minimum atomic E-state index is -2.80. The third kappa shape index (κ3) is 7.94. The van der Waals surface area contributed by atoms with Gasteiger partial charge in [-0.2, -0.15) is 8.78 Å². The number of benzene rings is 2. The molecule has 10 heteroatoms. The van der Waals surface area contributed by atoms with Crippen LogP contribution in [0.3, 0.4) is 0 Å². The molecule has 0 spiro atoms. The molecular formula is C21H25F2N4O2PS. The smallest absolute Gasteiger partial charge is 0.408 e. The summed E-state index contributed by atoms with van der Waals surface area (Å²) in [6, 6.07) is 11.7. The van der Waals surface area contributed by atoms with Crippen LogP contribution in [0.1, 0.15) is 23.6 Å². The molecule has 3 rings (SSSR count). The molecule has 3 aromatic rings. The fourth-order valence-electron chi connectivity index (χ4n) is 2.46. The molecule has 0 amide bonds. The van der Waals surface area contributed by atoms with Crippen molar-refractivity contribution in [1.29, 1.82) is 0 Å². The molecule has 0 aliphatic carbocycles. The summed E-state index contributed by atoms with van der Waals surface area (Å²) in [6.07, 6.45) is 4.12. The second-order valence-corrected chi connectivity index (χ2v) is 7.63. The van der Waals surface area contributed by atoms with Gasteiger partial charge in [0.2, 0.25) is 0 Å². The van der Waals surface area contributed by atoms with Crippen LogP contribution in [-0.4, -0.2) is 24.4 Å². The summed E-state index contributed by atoms with van der Waals surface area (Å²) >= 11 is 4.36. The van der Waals surface area contributed by atoms with Crippen molar-refractivity contribution in [3.8, 4) is 0 Å². The molecule has 1 aromatic heterocycles. The third-order valence-electron chi connectivity index (χ3n) is 4.11. The molecule has 2 aromatic carbocycles. The van der Waals surface area contributed by atoms with Gasteiger partial charge in [-0.3, -0.25) is 9.98 Å². The second kappa shape index (κ2) is 11.8. The number of aromatic amines is 1. The van der Waals surface area contributed by atoms with Gasteiger partial charge in [-0.1, -0.05) is 46.5 Å². The standard InChI is InChI=1S/C12H14N4O2S.C9H11F2P/c13-3-4-14-7-15-6-11(19)8-1-2-9-10(5-8)18-12(17)16-9;1-2-7-3-5-8(6-4-7)9(10,11)12/h1-2,5-7,19H,3-4,13H2,(H,14,15)(H,16,17);3-6H,2,12H2,1H3/b11-6-;. The molecule has 6 nitrogen and oxygen atoms in total. The number of nitrogens with one attached hydrogen (secondary N) is 2. The highest BCUT2D eigenvalue weighted by Gasteiger charge is 2.23. The van der Waals surface area contributed by atoms with Gasteiger partial charge in [-0.05, 0) is 29.7 Å². The topological polar surface area (TPSA) is 96.4 Å². The molecule has 0 fully saturated rings. The van der Waals surface area contributed by atoms with E-state index >= 15 is 0 Å². The predicted octanol–water partition coefficient (Wildman–Crippen LogP) is 4.10. The normalized spacial score (nSPS) is 12.1. The van der Waals surface area contributed by atoms with E-state index in [-0.39, 0.29) is 5.56 Å². The van der Waals surface area contributed by atoms with Crippen LogP contribution in [0.5, 0.6) is 0 Å². The molecule has 0 radical (unpaired) electrons. The average Bonchev–Trinajstić information content (AvgIpc) is 3.12. The molecule has 1 heterocycles. The Morgan fingerprint density at radius 3 is 2.65 bits per heavy atom. The van der Waals surface area contributed by atoms with E-state index in [4.69, 9.17) is 10.2 Å². The Bertz CT molecular complexity index is 1090. The Morgan fingerprint density at radius 1 is 1.32 bits per heavy atom. The van der Waals surface area contributed by atoms with Crippen LogP contribution in [0.15, 0.2) is 62.9 Å². The molecule has 0 aliphatic heterocycles. The van der Waals surface area contributed by atoms with Crippen molar-refractivity contribution in [2.75, 3.05) is 13.1 Å². The number of hydrogen-bond acceptors (Lipinski definition) is 5. The van der Waals surface area contributed by atoms with Crippen LogP contribution in [-0.2, 0) is 12.1 Å². The minimum absolute atomic E-state index is 0.0460. The Morgan fingerprint density at radius 2 is 2.03 bits per heavy atom. The lowest BCUT2D eigenvalue weighted by molar-refractivity contribution is 0.104. The Balaban J connectivity index is 0.000000245. The highest BCUT2D eigenvalue weighted by molar-refractivity contribution is 7.90. The largest absolute Gasteiger partial charge is 0.417 e. The first kappa shape index (κ1) is 24.8. The summed E-state index contributed by atoms with van der Waals surface area (Å²) in [5.41, 5.74) is 5.62. The monoisotopic (exact) mass is 466 g/mol. The quantitative estimate of drug-likeness (QED) is 0.182. The molecule has 4 N–H and O–H groups in total. The van der Waals surface area contributed by atoms with Gasteiger partial charge in [-0.15, -0.1) is 12.6 Å². The summed E-state index contributed by atoms with van der Waals surface area (Å²) in [7, 11) is 1.53. The van der Waals surface area contributed by atoms with E-state index in [1.54, 1.807) is 36.8 Å². The van der Waals surface area contributed by atoms with Crippen LogP contribution >= 0.6 is 21.9 Å². The van der Waals surface area contributed by atoms with Gasteiger partial charge >= 0.3 is 5.76 Å². The van der Waals surface area contributed by atoms with Crippen LogP contribution in [0.4, 0.5) is 8.78 Å². The van der Waals surface area contributed by atoms with Crippen LogP contribution in [0.2, 0.25) is 0 Å². The summed E-state index contributed by atoms with van der Waals surface area (Å²) < 4.78 is 30.3. The number of alkyl halides is 2. The third-order valence-corrected chi connectivity index (χ3v) is 4.83. The SMILES string of the molecule is CCc1ccc(C(F)(F)P)cc1.NCCN=CN/C=C(\S)c1ccc2[nH]c(=O)oc2c1. The van der Waals surface area contributed by atoms with E-state index in [2.05, 4.69) is 27.9 Å². The molecule has 0 bridgehead atoms. The Kier molecular flexibility index (Phi) is 9.43. The number of aliphatic imine (C=N–C) groups is 1. The van der Waals surface area contributed by atoms with E-state index in [1.807, 2.05) is 13.0 Å². The van der Waals surface area contributed by atoms with Gasteiger partial charge in [-0.25, -0.2) is 4.79 Å². The van der Waals surface area contributed by atoms with Gasteiger partial charge in [0.05, 0.1) is 18.4 Å². The van der Waals surface area contributed by atoms with Crippen molar-refractivity contribution in [3.05, 3.63) is 75.9 Å². The number of thiol groups is 1. The number of rotatable bonds is 7. The lowest BCUT2D eigenvalue weighted by atomic mass is 10.1. The molecule has 166 valence electrons. The van der Waals surface area contributed by atoms with Crippen LogP contribution < -0.4 is 16.8 Å². The second-order valence-electron chi connectivity index (χ2n) is 6.42. The maximum Gasteiger partial charge on any atom is 0.417 e. The number of halogens is 2. The molecule has 0 saturated carbocycles. The average molecular weight is 466 g/mol. The lowest BCUT2D eigenvalue weighted by Crippen LogP contribution is -2.06. The summed E-state index contributed by atoms with van der Waals surface area (Å²) in [5.74, 6) is -0.469. The highest BCUT2D eigenvalue weighted by atomic mass is 32.1. The van der Waals surface area contributed by atoms with Crippen molar-refractivity contribution < 1.29 is 13.2 Å². The minimum Gasteiger partial charge on any atom is -0.408 e. The lowest BCUT2D eigenvalue weighted by Gasteiger charge is -2.10. The number of fused-ring (bicyclic) bond motifs is 1. The molecule has 1 atom stereocenters. The molecule has 31 heavy (non-hydrogen) atoms. The first-order chi connectivity index (χ1) is 14.7. The molecule has 1 unspecified atom stereocenters. The summed E-state index contributed by atoms with van der Waals surface area (Å²) in [4.78, 5) is 18.3. The number of aromatic nitrogens is 1. The number of nitrogens with two attached hydrogens (primary N) is 1. The summed E-state index contributed by atoms with van der Waals surface area (Å²) in [5, 5.41) is 2.89. The first-order valence-electron chi connectivity index (χ1n) is 9.47. The highest BCUT2D eigenvalue weighted by Crippen LogP contribution is 2.34. The van der Waals surface area contributed by atoms with Crippen molar-refractivity contribution in [2.24, 2.45) is 10.7 Å². The van der Waals surface area contributed by atoms with E-state index in [0.29, 0.717) is 29.1 Å².